The Balaban J connectivity index is 1.38. The highest BCUT2D eigenvalue weighted by Gasteiger charge is 2.64. The molecule has 4 heterocycles. The second-order valence-corrected chi connectivity index (χ2v) is 6.96. The van der Waals surface area contributed by atoms with E-state index in [1.165, 1.54) is 6.33 Å². The summed E-state index contributed by atoms with van der Waals surface area (Å²) in [5.41, 5.74) is 5.71. The molecule has 4 N–H and O–H groups in total. The monoisotopic (exact) mass is 385 g/mol. The van der Waals surface area contributed by atoms with E-state index >= 15 is 0 Å². The van der Waals surface area contributed by atoms with Gasteiger partial charge < -0.3 is 25.1 Å². The Morgan fingerprint density at radius 1 is 1.39 bits per heavy atom. The standard InChI is InChI=1S/C18H19N5O5/c19-17-21-15-12(16(25)22-17)20-9-23(15)18-8-27-14(18)13(24)11(28-18)7-26-6-10-4-2-1-3-5-10/h1-5,9,11,13-14,24H,6-8H2,(H3,19,21,22,25)/t11-,13-,14-,18-/m1/s1. The smallest absolute Gasteiger partial charge is 0.280 e. The summed E-state index contributed by atoms with van der Waals surface area (Å²) < 4.78 is 19.1. The van der Waals surface area contributed by atoms with Crippen molar-refractivity contribution in [2.45, 2.75) is 30.6 Å². The molecule has 1 aromatic carbocycles. The van der Waals surface area contributed by atoms with Gasteiger partial charge in [0, 0.05) is 0 Å². The third-order valence-corrected chi connectivity index (χ3v) is 5.19. The van der Waals surface area contributed by atoms with Crippen LogP contribution in [0.1, 0.15) is 5.56 Å². The van der Waals surface area contributed by atoms with Gasteiger partial charge in [-0.3, -0.25) is 14.3 Å². The molecule has 0 amide bonds. The molecule has 3 aromatic rings. The van der Waals surface area contributed by atoms with Crippen LogP contribution in [0.25, 0.3) is 11.2 Å². The molecule has 0 spiro atoms. The maximum atomic E-state index is 12.0. The molecule has 10 heteroatoms. The molecule has 2 saturated heterocycles. The number of H-pyrrole nitrogens is 1. The van der Waals surface area contributed by atoms with Gasteiger partial charge in [-0.2, -0.15) is 4.98 Å². The van der Waals surface area contributed by atoms with Gasteiger partial charge in [0.05, 0.1) is 26.1 Å². The number of ether oxygens (including phenoxy) is 3. The molecule has 0 aliphatic carbocycles. The number of fused-ring (bicyclic) bond motifs is 2. The van der Waals surface area contributed by atoms with Crippen LogP contribution in [0.2, 0.25) is 0 Å². The summed E-state index contributed by atoms with van der Waals surface area (Å²) in [6.45, 7) is 0.803. The Hall–Kier alpha value is -2.79. The first kappa shape index (κ1) is 17.3. The van der Waals surface area contributed by atoms with Crippen molar-refractivity contribution in [3.63, 3.8) is 0 Å². The van der Waals surface area contributed by atoms with Crippen molar-refractivity contribution in [1.82, 2.24) is 19.5 Å². The van der Waals surface area contributed by atoms with E-state index in [4.69, 9.17) is 19.9 Å². The Kier molecular flexibility index (Phi) is 3.95. The number of benzene rings is 1. The number of aromatic amines is 1. The van der Waals surface area contributed by atoms with Gasteiger partial charge in [-0.15, -0.1) is 0 Å². The van der Waals surface area contributed by atoms with Gasteiger partial charge in [0.1, 0.15) is 18.3 Å². The summed E-state index contributed by atoms with van der Waals surface area (Å²) in [4.78, 5) is 22.8. The second-order valence-electron chi connectivity index (χ2n) is 6.96. The minimum absolute atomic E-state index is 0.0197. The van der Waals surface area contributed by atoms with E-state index in [1.54, 1.807) is 4.57 Å². The highest BCUT2D eigenvalue weighted by Crippen LogP contribution is 2.46. The van der Waals surface area contributed by atoms with Crippen molar-refractivity contribution < 1.29 is 19.3 Å². The lowest BCUT2D eigenvalue weighted by Gasteiger charge is -2.44. The number of hydrogen-bond acceptors (Lipinski definition) is 8. The summed E-state index contributed by atoms with van der Waals surface area (Å²) in [7, 11) is 0. The van der Waals surface area contributed by atoms with Crippen molar-refractivity contribution >= 4 is 17.1 Å². The summed E-state index contributed by atoms with van der Waals surface area (Å²) in [5, 5.41) is 10.6. The molecule has 28 heavy (non-hydrogen) atoms. The minimum atomic E-state index is -0.998. The zero-order valence-electron chi connectivity index (χ0n) is 14.8. The lowest BCUT2D eigenvalue weighted by atomic mass is 9.98. The van der Waals surface area contributed by atoms with Crippen LogP contribution in [-0.2, 0) is 26.5 Å². The van der Waals surface area contributed by atoms with E-state index in [0.717, 1.165) is 5.56 Å². The number of anilines is 1. The number of rotatable bonds is 5. The van der Waals surface area contributed by atoms with E-state index in [1.807, 2.05) is 30.3 Å². The number of aliphatic hydroxyl groups excluding tert-OH is 1. The molecule has 4 atom stereocenters. The Morgan fingerprint density at radius 3 is 2.96 bits per heavy atom. The molecule has 0 radical (unpaired) electrons. The third-order valence-electron chi connectivity index (χ3n) is 5.19. The van der Waals surface area contributed by atoms with Gasteiger partial charge in [0.15, 0.2) is 16.9 Å². The number of nitrogen functional groups attached to an aromatic ring is 1. The average Bonchev–Trinajstić information content (AvgIpc) is 3.15. The summed E-state index contributed by atoms with van der Waals surface area (Å²) in [6.07, 6.45) is -0.631. The maximum absolute atomic E-state index is 12.0. The zero-order chi connectivity index (χ0) is 19.3. The third kappa shape index (κ3) is 2.53. The summed E-state index contributed by atoms with van der Waals surface area (Å²) >= 11 is 0. The van der Waals surface area contributed by atoms with Gasteiger partial charge in [-0.1, -0.05) is 30.3 Å². The van der Waals surface area contributed by atoms with E-state index in [9.17, 15) is 9.90 Å². The van der Waals surface area contributed by atoms with E-state index in [2.05, 4.69) is 15.0 Å². The molecule has 5 rings (SSSR count). The fourth-order valence-electron chi connectivity index (χ4n) is 3.78. The fourth-order valence-corrected chi connectivity index (χ4v) is 3.78. The van der Waals surface area contributed by atoms with Crippen LogP contribution < -0.4 is 11.3 Å². The van der Waals surface area contributed by atoms with Crippen LogP contribution in [0.4, 0.5) is 5.95 Å². The van der Waals surface area contributed by atoms with Crippen molar-refractivity contribution in [1.29, 1.82) is 0 Å². The second kappa shape index (κ2) is 6.38. The van der Waals surface area contributed by atoms with Gasteiger partial charge in [0.25, 0.3) is 5.56 Å². The van der Waals surface area contributed by atoms with Crippen molar-refractivity contribution in [3.05, 3.63) is 52.6 Å². The quantitative estimate of drug-likeness (QED) is 0.546. The normalized spacial score (nSPS) is 29.0. The molecule has 2 aliphatic heterocycles. The maximum Gasteiger partial charge on any atom is 0.280 e. The number of aliphatic hydroxyl groups is 1. The Bertz CT molecular complexity index is 1070. The molecule has 10 nitrogen and oxygen atoms in total. The Morgan fingerprint density at radius 2 is 2.21 bits per heavy atom. The molecule has 146 valence electrons. The first-order chi connectivity index (χ1) is 13.6. The van der Waals surface area contributed by atoms with Gasteiger partial charge >= 0.3 is 0 Å². The largest absolute Gasteiger partial charge is 0.387 e. The number of imidazole rings is 1. The molecule has 2 fully saturated rings. The first-order valence-electron chi connectivity index (χ1n) is 8.91. The van der Waals surface area contributed by atoms with Crippen LogP contribution in [0.5, 0.6) is 0 Å². The topological polar surface area (TPSA) is 138 Å². The minimum Gasteiger partial charge on any atom is -0.387 e. The molecule has 0 bridgehead atoms. The van der Waals surface area contributed by atoms with E-state index < -0.39 is 29.6 Å². The fraction of sp³-hybridized carbons (Fsp3) is 0.389. The molecule has 2 aliphatic rings. The van der Waals surface area contributed by atoms with Crippen LogP contribution in [0.3, 0.4) is 0 Å². The number of hydrogen-bond donors (Lipinski definition) is 3. The van der Waals surface area contributed by atoms with Crippen molar-refractivity contribution in [2.75, 3.05) is 18.9 Å². The molecular weight excluding hydrogens is 366 g/mol. The Labute approximate surface area is 158 Å². The van der Waals surface area contributed by atoms with Crippen LogP contribution in [-0.4, -0.2) is 56.2 Å². The molecule has 2 aromatic heterocycles. The molecule has 0 saturated carbocycles. The van der Waals surface area contributed by atoms with Crippen molar-refractivity contribution in [2.24, 2.45) is 0 Å². The lowest BCUT2D eigenvalue weighted by molar-refractivity contribution is -0.275. The van der Waals surface area contributed by atoms with Crippen LogP contribution >= 0.6 is 0 Å². The van der Waals surface area contributed by atoms with Crippen LogP contribution in [0.15, 0.2) is 41.5 Å². The van der Waals surface area contributed by atoms with Gasteiger partial charge in [-0.05, 0) is 5.56 Å². The van der Waals surface area contributed by atoms with Gasteiger partial charge in [-0.25, -0.2) is 4.98 Å². The number of aromatic nitrogens is 4. The van der Waals surface area contributed by atoms with Crippen LogP contribution in [0, 0.1) is 0 Å². The van der Waals surface area contributed by atoms with E-state index in [-0.39, 0.29) is 30.3 Å². The average molecular weight is 385 g/mol. The first-order valence-corrected chi connectivity index (χ1v) is 8.91. The number of nitrogens with zero attached hydrogens (tertiary/aromatic N) is 3. The highest BCUT2D eigenvalue weighted by atomic mass is 16.7. The zero-order valence-corrected chi connectivity index (χ0v) is 14.8. The summed E-state index contributed by atoms with van der Waals surface area (Å²) in [6, 6.07) is 9.74. The van der Waals surface area contributed by atoms with Gasteiger partial charge in [0.2, 0.25) is 5.95 Å². The predicted molar refractivity (Wildman–Crippen MR) is 97.3 cm³/mol. The molecule has 0 unspecified atom stereocenters. The lowest BCUT2D eigenvalue weighted by Crippen LogP contribution is -2.59. The predicted octanol–water partition coefficient (Wildman–Crippen LogP) is -0.270. The molecular formula is C18H19N5O5. The number of nitrogens with two attached hydrogens (primary N) is 1. The van der Waals surface area contributed by atoms with E-state index in [0.29, 0.717) is 6.61 Å². The summed E-state index contributed by atoms with van der Waals surface area (Å²) in [5.74, 6) is -0.0197. The SMILES string of the molecule is Nc1nc2c(ncn2[C@@]23CO[C@@H]2[C@H](O)[C@@H](COCc2ccccc2)O3)c(=O)[nH]1. The highest BCUT2D eigenvalue weighted by molar-refractivity contribution is 5.71. The van der Waals surface area contributed by atoms with Crippen molar-refractivity contribution in [3.8, 4) is 0 Å². The number of nitrogens with one attached hydrogen (secondary N) is 1.